The summed E-state index contributed by atoms with van der Waals surface area (Å²) in [5.41, 5.74) is 6.98. The average molecular weight is 242 g/mol. The number of ether oxygens (including phenoxy) is 2. The van der Waals surface area contributed by atoms with E-state index < -0.39 is 0 Å². The fraction of sp³-hybridized carbons (Fsp3) is 0.846. The Morgan fingerprint density at radius 3 is 3.00 bits per heavy atom. The van der Waals surface area contributed by atoms with E-state index in [1.807, 2.05) is 6.92 Å². The zero-order valence-corrected chi connectivity index (χ0v) is 11.1. The van der Waals surface area contributed by atoms with Gasteiger partial charge in [-0.2, -0.15) is 0 Å². The Labute approximate surface area is 105 Å². The van der Waals surface area contributed by atoms with Crippen molar-refractivity contribution in [1.29, 1.82) is 0 Å². The Morgan fingerprint density at radius 2 is 2.41 bits per heavy atom. The molecule has 4 nitrogen and oxygen atoms in total. The highest BCUT2D eigenvalue weighted by atomic mass is 16.5. The summed E-state index contributed by atoms with van der Waals surface area (Å²) >= 11 is 0. The van der Waals surface area contributed by atoms with Crippen LogP contribution in [0.25, 0.3) is 0 Å². The third-order valence-corrected chi connectivity index (χ3v) is 3.15. The van der Waals surface area contributed by atoms with Crippen LogP contribution < -0.4 is 11.1 Å². The summed E-state index contributed by atoms with van der Waals surface area (Å²) in [4.78, 5) is 0. The standard InChI is InChI=1S/C13H26N2O2/c1-11(2)9-16-7-5-15-13(10-14)4-6-17-12(3)8-13/h12,15H,1,4-10,14H2,2-3H3. The highest BCUT2D eigenvalue weighted by Gasteiger charge is 2.33. The predicted octanol–water partition coefficient (Wildman–Crippen LogP) is 1.07. The molecule has 3 N–H and O–H groups in total. The molecule has 0 aliphatic carbocycles. The van der Waals surface area contributed by atoms with Crippen LogP contribution in [-0.2, 0) is 9.47 Å². The molecule has 0 bridgehead atoms. The van der Waals surface area contributed by atoms with Gasteiger partial charge in [0.2, 0.25) is 0 Å². The van der Waals surface area contributed by atoms with Gasteiger partial charge in [0.15, 0.2) is 0 Å². The maximum atomic E-state index is 5.89. The van der Waals surface area contributed by atoms with Crippen LogP contribution in [-0.4, -0.2) is 44.6 Å². The first-order valence-electron chi connectivity index (χ1n) is 6.37. The summed E-state index contributed by atoms with van der Waals surface area (Å²) < 4.78 is 11.0. The van der Waals surface area contributed by atoms with Crippen LogP contribution in [0, 0.1) is 0 Å². The Balaban J connectivity index is 2.24. The van der Waals surface area contributed by atoms with Gasteiger partial charge in [-0.05, 0) is 26.7 Å². The summed E-state index contributed by atoms with van der Waals surface area (Å²) in [6.07, 6.45) is 2.24. The largest absolute Gasteiger partial charge is 0.378 e. The number of hydrogen-bond donors (Lipinski definition) is 2. The summed E-state index contributed by atoms with van der Waals surface area (Å²) in [5, 5.41) is 3.53. The fourth-order valence-corrected chi connectivity index (χ4v) is 2.22. The summed E-state index contributed by atoms with van der Waals surface area (Å²) in [6, 6.07) is 0. The molecule has 0 aromatic heterocycles. The topological polar surface area (TPSA) is 56.5 Å². The molecule has 0 aromatic carbocycles. The van der Waals surface area contributed by atoms with E-state index in [-0.39, 0.29) is 11.6 Å². The highest BCUT2D eigenvalue weighted by molar-refractivity contribution is 4.93. The van der Waals surface area contributed by atoms with Crippen LogP contribution in [0.3, 0.4) is 0 Å². The highest BCUT2D eigenvalue weighted by Crippen LogP contribution is 2.23. The maximum Gasteiger partial charge on any atom is 0.0672 e. The normalized spacial score (nSPS) is 29.2. The lowest BCUT2D eigenvalue weighted by molar-refractivity contribution is -0.0179. The maximum absolute atomic E-state index is 5.89. The molecule has 0 aromatic rings. The third-order valence-electron chi connectivity index (χ3n) is 3.15. The van der Waals surface area contributed by atoms with E-state index >= 15 is 0 Å². The minimum absolute atomic E-state index is 0.0320. The van der Waals surface area contributed by atoms with Gasteiger partial charge in [0.25, 0.3) is 0 Å². The summed E-state index contributed by atoms with van der Waals surface area (Å²) in [5.74, 6) is 0. The zero-order chi connectivity index (χ0) is 12.7. The van der Waals surface area contributed by atoms with Gasteiger partial charge >= 0.3 is 0 Å². The van der Waals surface area contributed by atoms with Crippen LogP contribution in [0.4, 0.5) is 0 Å². The summed E-state index contributed by atoms with van der Waals surface area (Å²) in [7, 11) is 0. The van der Waals surface area contributed by atoms with Crippen molar-refractivity contribution in [3.05, 3.63) is 12.2 Å². The molecule has 4 heteroatoms. The first-order chi connectivity index (χ1) is 8.08. The molecule has 100 valence electrons. The quantitative estimate of drug-likeness (QED) is 0.518. The van der Waals surface area contributed by atoms with E-state index in [0.717, 1.165) is 31.6 Å². The van der Waals surface area contributed by atoms with Crippen LogP contribution in [0.2, 0.25) is 0 Å². The third kappa shape index (κ3) is 5.17. The number of nitrogens with one attached hydrogen (secondary N) is 1. The SMILES string of the molecule is C=C(C)COCCNC1(CN)CCOC(C)C1. The van der Waals surface area contributed by atoms with E-state index in [9.17, 15) is 0 Å². The molecule has 2 unspecified atom stereocenters. The lowest BCUT2D eigenvalue weighted by Gasteiger charge is -2.40. The molecule has 1 fully saturated rings. The van der Waals surface area contributed by atoms with E-state index in [1.165, 1.54) is 0 Å². The number of rotatable bonds is 7. The Hall–Kier alpha value is -0.420. The number of nitrogens with two attached hydrogens (primary N) is 1. The second kappa shape index (κ2) is 7.11. The van der Waals surface area contributed by atoms with Gasteiger partial charge in [-0.15, -0.1) is 0 Å². The van der Waals surface area contributed by atoms with Gasteiger partial charge in [0.1, 0.15) is 0 Å². The molecule has 17 heavy (non-hydrogen) atoms. The molecule has 0 amide bonds. The predicted molar refractivity (Wildman–Crippen MR) is 70.1 cm³/mol. The second-order valence-corrected chi connectivity index (χ2v) is 5.06. The zero-order valence-electron chi connectivity index (χ0n) is 11.1. The van der Waals surface area contributed by atoms with Gasteiger partial charge in [0.05, 0.1) is 19.3 Å². The first-order valence-corrected chi connectivity index (χ1v) is 6.37. The van der Waals surface area contributed by atoms with Crippen molar-refractivity contribution in [1.82, 2.24) is 5.32 Å². The van der Waals surface area contributed by atoms with E-state index in [0.29, 0.717) is 19.8 Å². The van der Waals surface area contributed by atoms with Crippen LogP contribution >= 0.6 is 0 Å². The van der Waals surface area contributed by atoms with E-state index in [2.05, 4.69) is 18.8 Å². The van der Waals surface area contributed by atoms with Gasteiger partial charge in [-0.1, -0.05) is 12.2 Å². The average Bonchev–Trinajstić information content (AvgIpc) is 2.28. The van der Waals surface area contributed by atoms with Gasteiger partial charge < -0.3 is 20.5 Å². The molecule has 0 saturated carbocycles. The molecule has 2 atom stereocenters. The molecule has 1 saturated heterocycles. The van der Waals surface area contributed by atoms with Crippen molar-refractivity contribution in [3.8, 4) is 0 Å². The molecule has 1 heterocycles. The molecular formula is C13H26N2O2. The van der Waals surface area contributed by atoms with Crippen molar-refractivity contribution in [3.63, 3.8) is 0 Å². The minimum Gasteiger partial charge on any atom is -0.378 e. The molecule has 0 spiro atoms. The molecule has 1 aliphatic heterocycles. The van der Waals surface area contributed by atoms with Gasteiger partial charge in [0, 0.05) is 25.2 Å². The lowest BCUT2D eigenvalue weighted by Crippen LogP contribution is -2.56. The van der Waals surface area contributed by atoms with Crippen molar-refractivity contribution < 1.29 is 9.47 Å². The Bertz CT molecular complexity index is 246. The van der Waals surface area contributed by atoms with Crippen LogP contribution in [0.5, 0.6) is 0 Å². The Morgan fingerprint density at radius 1 is 1.65 bits per heavy atom. The van der Waals surface area contributed by atoms with Gasteiger partial charge in [-0.25, -0.2) is 0 Å². The molecule has 0 radical (unpaired) electrons. The minimum atomic E-state index is 0.0320. The first kappa shape index (κ1) is 14.6. The monoisotopic (exact) mass is 242 g/mol. The van der Waals surface area contributed by atoms with Gasteiger partial charge in [-0.3, -0.25) is 0 Å². The van der Waals surface area contributed by atoms with Crippen LogP contribution in [0.15, 0.2) is 12.2 Å². The summed E-state index contributed by atoms with van der Waals surface area (Å²) in [6.45, 7) is 11.5. The van der Waals surface area contributed by atoms with Crippen LogP contribution in [0.1, 0.15) is 26.7 Å². The van der Waals surface area contributed by atoms with Crippen molar-refractivity contribution >= 4 is 0 Å². The molecule has 1 rings (SSSR count). The smallest absolute Gasteiger partial charge is 0.0672 e. The lowest BCUT2D eigenvalue weighted by atomic mass is 9.87. The second-order valence-electron chi connectivity index (χ2n) is 5.06. The van der Waals surface area contributed by atoms with Crippen molar-refractivity contribution in [2.24, 2.45) is 5.73 Å². The van der Waals surface area contributed by atoms with E-state index in [4.69, 9.17) is 15.2 Å². The Kier molecular flexibility index (Phi) is 6.12. The van der Waals surface area contributed by atoms with Crippen molar-refractivity contribution in [2.45, 2.75) is 38.3 Å². The fourth-order valence-electron chi connectivity index (χ4n) is 2.22. The van der Waals surface area contributed by atoms with Crippen molar-refractivity contribution in [2.75, 3.05) is 32.9 Å². The van der Waals surface area contributed by atoms with E-state index in [1.54, 1.807) is 0 Å². The molecular weight excluding hydrogens is 216 g/mol. The molecule has 1 aliphatic rings. The number of hydrogen-bond acceptors (Lipinski definition) is 4.